The molecule has 5 heteroatoms. The zero-order valence-corrected chi connectivity index (χ0v) is 12.1. The number of aromatic nitrogens is 2. The van der Waals surface area contributed by atoms with Gasteiger partial charge in [0.2, 0.25) is 0 Å². The maximum absolute atomic E-state index is 9.14. The number of hydrogen-bond acceptors (Lipinski definition) is 4. The topological polar surface area (TPSA) is 55.2 Å². The van der Waals surface area contributed by atoms with Crippen molar-refractivity contribution < 1.29 is 9.84 Å². The Morgan fingerprint density at radius 3 is 2.62 bits per heavy atom. The van der Waals surface area contributed by atoms with E-state index in [2.05, 4.69) is 9.97 Å². The van der Waals surface area contributed by atoms with Crippen molar-refractivity contribution in [3.05, 3.63) is 58.9 Å². The molecular weight excluding hydrogens is 288 g/mol. The molecule has 0 fully saturated rings. The molecule has 0 amide bonds. The molecule has 21 heavy (non-hydrogen) atoms. The Hall–Kier alpha value is -2.17. The average Bonchev–Trinajstić information content (AvgIpc) is 2.51. The number of benzene rings is 2. The molecule has 0 saturated carbocycles. The van der Waals surface area contributed by atoms with E-state index in [1.807, 2.05) is 24.3 Å². The van der Waals surface area contributed by atoms with Crippen molar-refractivity contribution >= 4 is 22.4 Å². The maximum Gasteiger partial charge on any atom is 0.322 e. The lowest BCUT2D eigenvalue weighted by molar-refractivity contribution is 0.279. The van der Waals surface area contributed by atoms with Gasteiger partial charge in [-0.15, -0.1) is 0 Å². The Kier molecular flexibility index (Phi) is 3.73. The van der Waals surface area contributed by atoms with Crippen molar-refractivity contribution in [3.8, 4) is 11.8 Å². The van der Waals surface area contributed by atoms with Crippen LogP contribution in [0.1, 0.15) is 11.3 Å². The van der Waals surface area contributed by atoms with Gasteiger partial charge in [-0.25, -0.2) is 4.98 Å². The zero-order chi connectivity index (χ0) is 14.8. The van der Waals surface area contributed by atoms with Gasteiger partial charge in [-0.05, 0) is 19.1 Å². The second-order valence-corrected chi connectivity index (χ2v) is 5.02. The summed E-state index contributed by atoms with van der Waals surface area (Å²) < 4.78 is 5.76. The van der Waals surface area contributed by atoms with Crippen LogP contribution in [0.5, 0.6) is 11.8 Å². The van der Waals surface area contributed by atoms with Gasteiger partial charge in [0.1, 0.15) is 5.75 Å². The summed E-state index contributed by atoms with van der Waals surface area (Å²) in [5.74, 6) is 0.645. The van der Waals surface area contributed by atoms with E-state index in [4.69, 9.17) is 21.4 Å². The molecule has 3 aromatic rings. The van der Waals surface area contributed by atoms with Crippen LogP contribution in [-0.2, 0) is 6.61 Å². The van der Waals surface area contributed by atoms with Crippen molar-refractivity contribution in [2.45, 2.75) is 13.5 Å². The summed E-state index contributed by atoms with van der Waals surface area (Å²) in [6.07, 6.45) is 1.57. The van der Waals surface area contributed by atoms with E-state index in [1.165, 1.54) is 0 Å². The summed E-state index contributed by atoms with van der Waals surface area (Å²) in [5.41, 5.74) is 1.38. The van der Waals surface area contributed by atoms with Crippen molar-refractivity contribution in [3.63, 3.8) is 0 Å². The Bertz CT molecular complexity index is 805. The fraction of sp³-hybridized carbons (Fsp3) is 0.125. The molecule has 4 nitrogen and oxygen atoms in total. The second-order valence-electron chi connectivity index (χ2n) is 4.61. The SMILES string of the molecule is Cc1nc(Oc2ccc(Cl)c3ccccc23)ncc1CO. The molecule has 3 rings (SSSR count). The van der Waals surface area contributed by atoms with Gasteiger partial charge in [0.05, 0.1) is 12.3 Å². The van der Waals surface area contributed by atoms with Crippen LogP contribution < -0.4 is 4.74 Å². The van der Waals surface area contributed by atoms with Gasteiger partial charge >= 0.3 is 6.01 Å². The first-order chi connectivity index (χ1) is 10.2. The predicted octanol–water partition coefficient (Wildman–Crippen LogP) is 3.88. The molecule has 1 N–H and O–H groups in total. The van der Waals surface area contributed by atoms with Crippen molar-refractivity contribution in [2.75, 3.05) is 0 Å². The van der Waals surface area contributed by atoms with Crippen LogP contribution in [0.4, 0.5) is 0 Å². The first-order valence-corrected chi connectivity index (χ1v) is 6.85. The Morgan fingerprint density at radius 2 is 1.90 bits per heavy atom. The molecule has 0 aliphatic carbocycles. The molecule has 1 heterocycles. The highest BCUT2D eigenvalue weighted by Crippen LogP contribution is 2.33. The fourth-order valence-corrected chi connectivity index (χ4v) is 2.32. The Morgan fingerprint density at radius 1 is 1.14 bits per heavy atom. The van der Waals surface area contributed by atoms with Crippen molar-refractivity contribution in [2.24, 2.45) is 0 Å². The molecule has 1 aromatic heterocycles. The number of halogens is 1. The number of fused-ring (bicyclic) bond motifs is 1. The first-order valence-electron chi connectivity index (χ1n) is 6.47. The lowest BCUT2D eigenvalue weighted by Crippen LogP contribution is -1.98. The Labute approximate surface area is 127 Å². The molecule has 0 radical (unpaired) electrons. The van der Waals surface area contributed by atoms with E-state index in [1.54, 1.807) is 25.3 Å². The van der Waals surface area contributed by atoms with E-state index in [9.17, 15) is 0 Å². The fourth-order valence-electron chi connectivity index (χ4n) is 2.10. The molecule has 2 aromatic carbocycles. The number of aliphatic hydroxyl groups excluding tert-OH is 1. The lowest BCUT2D eigenvalue weighted by Gasteiger charge is -2.09. The number of hydrogen-bond donors (Lipinski definition) is 1. The van der Waals surface area contributed by atoms with Gasteiger partial charge in [0.15, 0.2) is 0 Å². The molecule has 0 unspecified atom stereocenters. The molecule has 0 aliphatic rings. The van der Waals surface area contributed by atoms with Crippen LogP contribution in [0.3, 0.4) is 0 Å². The summed E-state index contributed by atoms with van der Waals surface area (Å²) in [4.78, 5) is 8.35. The number of ether oxygens (including phenoxy) is 1. The third-order valence-corrected chi connectivity index (χ3v) is 3.59. The highest BCUT2D eigenvalue weighted by molar-refractivity contribution is 6.35. The van der Waals surface area contributed by atoms with E-state index >= 15 is 0 Å². The molecular formula is C16H13ClN2O2. The molecule has 0 saturated heterocycles. The second kappa shape index (κ2) is 5.68. The molecule has 0 atom stereocenters. The number of aliphatic hydroxyl groups is 1. The van der Waals surface area contributed by atoms with Crippen molar-refractivity contribution in [1.82, 2.24) is 9.97 Å². The standard InChI is InChI=1S/C16H13ClN2O2/c1-10-11(9-20)8-18-16(19-10)21-15-7-6-14(17)12-4-2-3-5-13(12)15/h2-8,20H,9H2,1H3. The normalized spacial score (nSPS) is 10.8. The molecule has 0 spiro atoms. The van der Waals surface area contributed by atoms with Crippen LogP contribution in [0.2, 0.25) is 5.02 Å². The van der Waals surface area contributed by atoms with E-state index in [0.29, 0.717) is 22.0 Å². The van der Waals surface area contributed by atoms with E-state index in [0.717, 1.165) is 10.8 Å². The predicted molar refractivity (Wildman–Crippen MR) is 81.7 cm³/mol. The van der Waals surface area contributed by atoms with Crippen molar-refractivity contribution in [1.29, 1.82) is 0 Å². The lowest BCUT2D eigenvalue weighted by atomic mass is 10.1. The minimum Gasteiger partial charge on any atom is -0.424 e. The van der Waals surface area contributed by atoms with E-state index in [-0.39, 0.29) is 12.6 Å². The smallest absolute Gasteiger partial charge is 0.322 e. The van der Waals surface area contributed by atoms with Gasteiger partial charge in [-0.2, -0.15) is 4.98 Å². The van der Waals surface area contributed by atoms with Gasteiger partial charge in [0.25, 0.3) is 0 Å². The summed E-state index contributed by atoms with van der Waals surface area (Å²) >= 11 is 6.18. The van der Waals surface area contributed by atoms with Crippen LogP contribution in [0, 0.1) is 6.92 Å². The van der Waals surface area contributed by atoms with Gasteiger partial charge in [0, 0.05) is 27.6 Å². The third kappa shape index (κ3) is 2.68. The highest BCUT2D eigenvalue weighted by atomic mass is 35.5. The minimum absolute atomic E-state index is 0.0873. The van der Waals surface area contributed by atoms with Crippen LogP contribution in [0.25, 0.3) is 10.8 Å². The monoisotopic (exact) mass is 300 g/mol. The quantitative estimate of drug-likeness (QED) is 0.797. The summed E-state index contributed by atoms with van der Waals surface area (Å²) in [6, 6.07) is 11.5. The van der Waals surface area contributed by atoms with Crippen LogP contribution in [-0.4, -0.2) is 15.1 Å². The number of aryl methyl sites for hydroxylation is 1. The zero-order valence-electron chi connectivity index (χ0n) is 11.4. The van der Waals surface area contributed by atoms with E-state index < -0.39 is 0 Å². The van der Waals surface area contributed by atoms with Gasteiger partial charge < -0.3 is 9.84 Å². The molecule has 0 bridgehead atoms. The molecule has 106 valence electrons. The van der Waals surface area contributed by atoms with Gasteiger partial charge in [-0.1, -0.05) is 35.9 Å². The Balaban J connectivity index is 2.02. The molecule has 0 aliphatic heterocycles. The largest absolute Gasteiger partial charge is 0.424 e. The van der Waals surface area contributed by atoms with Crippen LogP contribution in [0.15, 0.2) is 42.6 Å². The minimum atomic E-state index is -0.0873. The maximum atomic E-state index is 9.14. The summed E-state index contributed by atoms with van der Waals surface area (Å²) in [5, 5.41) is 11.6. The van der Waals surface area contributed by atoms with Crippen LogP contribution >= 0.6 is 11.6 Å². The first kappa shape index (κ1) is 13.8. The average molecular weight is 301 g/mol. The number of rotatable bonds is 3. The summed E-state index contributed by atoms with van der Waals surface area (Å²) in [6.45, 7) is 1.72. The number of nitrogens with zero attached hydrogens (tertiary/aromatic N) is 2. The van der Waals surface area contributed by atoms with Gasteiger partial charge in [-0.3, -0.25) is 0 Å². The third-order valence-electron chi connectivity index (χ3n) is 3.26. The summed E-state index contributed by atoms with van der Waals surface area (Å²) in [7, 11) is 0. The highest BCUT2D eigenvalue weighted by Gasteiger charge is 2.09.